The van der Waals surface area contributed by atoms with Crippen LogP contribution in [0.4, 0.5) is 0 Å². The Bertz CT molecular complexity index is 1100. The second-order valence-electron chi connectivity index (χ2n) is 9.10. The number of amides is 1. The van der Waals surface area contributed by atoms with Gasteiger partial charge in [0.25, 0.3) is 5.91 Å². The van der Waals surface area contributed by atoms with Crippen LogP contribution in [0.1, 0.15) is 23.4 Å². The van der Waals surface area contributed by atoms with Gasteiger partial charge in [-0.25, -0.2) is 0 Å². The number of ether oxygens (including phenoxy) is 1. The van der Waals surface area contributed by atoms with Gasteiger partial charge in [0.05, 0.1) is 39.8 Å². The van der Waals surface area contributed by atoms with Crippen molar-refractivity contribution in [1.82, 2.24) is 4.90 Å². The van der Waals surface area contributed by atoms with E-state index in [9.17, 15) is 4.79 Å². The molecule has 0 spiro atoms. The van der Waals surface area contributed by atoms with E-state index >= 15 is 0 Å². The van der Waals surface area contributed by atoms with Gasteiger partial charge >= 0.3 is 0 Å². The van der Waals surface area contributed by atoms with E-state index in [0.717, 1.165) is 38.9 Å². The quantitative estimate of drug-likeness (QED) is 0.576. The molecule has 3 aliphatic rings. The Morgan fingerprint density at radius 1 is 1.10 bits per heavy atom. The lowest BCUT2D eigenvalue weighted by atomic mass is 9.81. The second-order valence-corrected chi connectivity index (χ2v) is 9.10. The van der Waals surface area contributed by atoms with Crippen LogP contribution in [0, 0.1) is 5.92 Å². The molecule has 0 unspecified atom stereocenters. The van der Waals surface area contributed by atoms with Crippen LogP contribution in [-0.2, 0) is 0 Å². The summed E-state index contributed by atoms with van der Waals surface area (Å²) in [7, 11) is 5.93. The molecule has 3 fully saturated rings. The van der Waals surface area contributed by atoms with Crippen LogP contribution in [-0.4, -0.2) is 62.2 Å². The first-order valence-electron chi connectivity index (χ1n) is 10.8. The zero-order chi connectivity index (χ0) is 20.9. The lowest BCUT2D eigenvalue weighted by molar-refractivity contribution is -0.926. The second kappa shape index (κ2) is 8.21. The summed E-state index contributed by atoms with van der Waals surface area (Å²) < 4.78 is 12.8. The third-order valence-corrected chi connectivity index (χ3v) is 7.22. The summed E-state index contributed by atoms with van der Waals surface area (Å²) in [6.45, 7) is 3.51. The first kappa shape index (κ1) is 21.7. The number of para-hydroxylation sites is 2. The molecule has 2 aromatic carbocycles. The standard InChI is InChI=1S/C25H29N2O3.ClH/c1-26(21-16-27(2)13-11-17(21)12-14-27)25(28)23-15-18-7-6-9-20(24(18)30-23)19-8-4-5-10-22(19)29-3;/h4-10,15,17,21H,11-14,16H2,1-3H3;1H/q+1;/p-1/t17?,21-,27?;/m0./s1. The normalized spacial score (nSPS) is 24.6. The van der Waals surface area contributed by atoms with Crippen LogP contribution in [0.2, 0.25) is 0 Å². The van der Waals surface area contributed by atoms with E-state index in [1.807, 2.05) is 60.5 Å². The molecule has 31 heavy (non-hydrogen) atoms. The minimum atomic E-state index is -0.0254. The molecule has 5 nitrogen and oxygen atoms in total. The fraction of sp³-hybridized carbons (Fsp3) is 0.400. The number of piperidine rings is 3. The molecule has 1 amide bonds. The number of carbonyl (C=O) groups excluding carboxylic acids is 1. The Labute approximate surface area is 189 Å². The van der Waals surface area contributed by atoms with Gasteiger partial charge in [-0.05, 0) is 18.1 Å². The van der Waals surface area contributed by atoms with Gasteiger partial charge in [0.2, 0.25) is 0 Å². The molecule has 1 aromatic heterocycles. The predicted molar refractivity (Wildman–Crippen MR) is 118 cm³/mol. The summed E-state index contributed by atoms with van der Waals surface area (Å²) in [5, 5.41) is 0.933. The number of fused-ring (bicyclic) bond motifs is 4. The monoisotopic (exact) mass is 440 g/mol. The molecule has 0 aliphatic carbocycles. The smallest absolute Gasteiger partial charge is 0.289 e. The lowest BCUT2D eigenvalue weighted by Crippen LogP contribution is -3.00. The summed E-state index contributed by atoms with van der Waals surface area (Å²) in [4.78, 5) is 15.3. The number of hydrogen-bond donors (Lipinski definition) is 0. The van der Waals surface area contributed by atoms with E-state index in [1.54, 1.807) is 7.11 Å². The number of likely N-dealkylation sites (N-methyl/N-ethyl adjacent to an activating group) is 2. The number of carbonyl (C=O) groups is 1. The Morgan fingerprint density at radius 3 is 2.52 bits per heavy atom. The summed E-state index contributed by atoms with van der Waals surface area (Å²) in [5.74, 6) is 1.78. The molecule has 2 bridgehead atoms. The molecular weight excluding hydrogens is 412 g/mol. The van der Waals surface area contributed by atoms with Crippen molar-refractivity contribution in [3.05, 3.63) is 54.3 Å². The van der Waals surface area contributed by atoms with Crippen molar-refractivity contribution in [2.24, 2.45) is 5.92 Å². The first-order chi connectivity index (χ1) is 14.5. The zero-order valence-corrected chi connectivity index (χ0v) is 19.1. The predicted octanol–water partition coefficient (Wildman–Crippen LogP) is 1.42. The van der Waals surface area contributed by atoms with E-state index in [-0.39, 0.29) is 24.4 Å². The summed E-state index contributed by atoms with van der Waals surface area (Å²) in [6.07, 6.45) is 2.41. The highest BCUT2D eigenvalue weighted by Gasteiger charge is 2.46. The van der Waals surface area contributed by atoms with Gasteiger partial charge in [-0.1, -0.05) is 36.4 Å². The SMILES string of the molecule is COc1ccccc1-c1cccc2cc(C(=O)N(C)[C@H]3C[N+]4(C)CCC3CC4)oc12.[Cl-]. The lowest BCUT2D eigenvalue weighted by Gasteiger charge is -2.52. The molecule has 0 radical (unpaired) electrons. The van der Waals surface area contributed by atoms with Crippen LogP contribution >= 0.6 is 0 Å². The third-order valence-electron chi connectivity index (χ3n) is 7.22. The highest BCUT2D eigenvalue weighted by Crippen LogP contribution is 2.38. The molecule has 6 rings (SSSR count). The van der Waals surface area contributed by atoms with Crippen LogP contribution in [0.3, 0.4) is 0 Å². The molecule has 0 N–H and O–H groups in total. The van der Waals surface area contributed by atoms with E-state index < -0.39 is 0 Å². The van der Waals surface area contributed by atoms with E-state index in [2.05, 4.69) is 7.05 Å². The largest absolute Gasteiger partial charge is 1.00 e. The number of furan rings is 1. The Kier molecular flexibility index (Phi) is 5.75. The molecule has 3 aromatic rings. The fourth-order valence-electron chi connectivity index (χ4n) is 5.39. The minimum Gasteiger partial charge on any atom is -1.00 e. The number of hydrogen-bond acceptors (Lipinski definition) is 3. The zero-order valence-electron chi connectivity index (χ0n) is 18.3. The summed E-state index contributed by atoms with van der Waals surface area (Å²) >= 11 is 0. The van der Waals surface area contributed by atoms with E-state index in [4.69, 9.17) is 9.15 Å². The van der Waals surface area contributed by atoms with Gasteiger partial charge in [-0.2, -0.15) is 0 Å². The van der Waals surface area contributed by atoms with Gasteiger partial charge in [0.1, 0.15) is 11.3 Å². The number of nitrogens with zero attached hydrogens (tertiary/aromatic N) is 2. The van der Waals surface area contributed by atoms with E-state index in [0.29, 0.717) is 11.7 Å². The Morgan fingerprint density at radius 2 is 1.81 bits per heavy atom. The average molecular weight is 441 g/mol. The minimum absolute atomic E-state index is 0. The van der Waals surface area contributed by atoms with Crippen molar-refractivity contribution in [3.63, 3.8) is 0 Å². The van der Waals surface area contributed by atoms with Gasteiger partial charge in [0, 0.05) is 36.4 Å². The molecule has 3 saturated heterocycles. The van der Waals surface area contributed by atoms with Crippen molar-refractivity contribution >= 4 is 16.9 Å². The third kappa shape index (κ3) is 3.70. The highest BCUT2D eigenvalue weighted by molar-refractivity contribution is 6.00. The number of quaternary nitrogens is 1. The van der Waals surface area contributed by atoms with Crippen LogP contribution in [0.25, 0.3) is 22.1 Å². The molecule has 1 atom stereocenters. The highest BCUT2D eigenvalue weighted by atomic mass is 35.5. The number of rotatable bonds is 4. The average Bonchev–Trinajstić information content (AvgIpc) is 3.22. The van der Waals surface area contributed by atoms with Crippen molar-refractivity contribution < 1.29 is 30.8 Å². The number of benzene rings is 2. The molecule has 6 heteroatoms. The van der Waals surface area contributed by atoms with Crippen LogP contribution in [0.15, 0.2) is 52.9 Å². The Hall–Kier alpha value is -2.50. The van der Waals surface area contributed by atoms with Crippen molar-refractivity contribution in [1.29, 1.82) is 0 Å². The maximum Gasteiger partial charge on any atom is 0.289 e. The first-order valence-corrected chi connectivity index (χ1v) is 10.8. The van der Waals surface area contributed by atoms with Crippen molar-refractivity contribution in [2.45, 2.75) is 18.9 Å². The maximum atomic E-state index is 13.4. The molecular formula is C25H29ClN2O3. The maximum absolute atomic E-state index is 13.4. The van der Waals surface area contributed by atoms with Crippen molar-refractivity contribution in [2.75, 3.05) is 40.8 Å². The van der Waals surface area contributed by atoms with Gasteiger partial charge in [0.15, 0.2) is 5.76 Å². The molecule has 0 saturated carbocycles. The van der Waals surface area contributed by atoms with Crippen molar-refractivity contribution in [3.8, 4) is 16.9 Å². The van der Waals surface area contributed by atoms with Crippen LogP contribution in [0.5, 0.6) is 5.75 Å². The van der Waals surface area contributed by atoms with Gasteiger partial charge < -0.3 is 30.9 Å². The van der Waals surface area contributed by atoms with Gasteiger partial charge in [-0.15, -0.1) is 0 Å². The number of halogens is 1. The fourth-order valence-corrected chi connectivity index (χ4v) is 5.39. The van der Waals surface area contributed by atoms with E-state index in [1.165, 1.54) is 25.9 Å². The molecule has 3 aliphatic heterocycles. The van der Waals surface area contributed by atoms with Gasteiger partial charge in [-0.3, -0.25) is 4.79 Å². The summed E-state index contributed by atoms with van der Waals surface area (Å²) in [5.41, 5.74) is 2.63. The number of methoxy groups -OCH3 is 1. The Balaban J connectivity index is 0.00000231. The topological polar surface area (TPSA) is 42.7 Å². The van der Waals surface area contributed by atoms with Crippen LogP contribution < -0.4 is 17.1 Å². The molecule has 164 valence electrons. The summed E-state index contributed by atoms with van der Waals surface area (Å²) in [6, 6.07) is 16.1. The molecule has 4 heterocycles.